The van der Waals surface area contributed by atoms with Crippen LogP contribution < -0.4 is 0 Å². The number of hydrogen-bond donors (Lipinski definition) is 0. The van der Waals surface area contributed by atoms with E-state index in [1.165, 1.54) is 37.7 Å². The summed E-state index contributed by atoms with van der Waals surface area (Å²) in [6.45, 7) is 9.22. The molecular formula is C19H32O2. The van der Waals surface area contributed by atoms with Crippen molar-refractivity contribution < 1.29 is 9.53 Å². The van der Waals surface area contributed by atoms with Gasteiger partial charge >= 0.3 is 5.97 Å². The summed E-state index contributed by atoms with van der Waals surface area (Å²) in [6.07, 6.45) is 12.4. The van der Waals surface area contributed by atoms with E-state index < -0.39 is 0 Å². The maximum Gasteiger partial charge on any atom is 0.331 e. The summed E-state index contributed by atoms with van der Waals surface area (Å²) in [7, 11) is 0. The molecule has 0 radical (unpaired) electrons. The predicted molar refractivity (Wildman–Crippen MR) is 89.1 cm³/mol. The summed E-state index contributed by atoms with van der Waals surface area (Å²) in [5, 5.41) is 0. The fraction of sp³-hybridized carbons (Fsp3) is 0.737. The van der Waals surface area contributed by atoms with Crippen molar-refractivity contribution >= 4 is 5.97 Å². The first-order valence-corrected chi connectivity index (χ1v) is 8.65. The smallest absolute Gasteiger partial charge is 0.331 e. The minimum Gasteiger partial charge on any atom is -0.463 e. The van der Waals surface area contributed by atoms with Gasteiger partial charge in [0.05, 0.1) is 6.61 Å². The summed E-state index contributed by atoms with van der Waals surface area (Å²) in [4.78, 5) is 11.5. The van der Waals surface area contributed by atoms with Crippen LogP contribution in [0.4, 0.5) is 0 Å². The number of hydrogen-bond acceptors (Lipinski definition) is 2. The lowest BCUT2D eigenvalue weighted by Crippen LogP contribution is -2.03. The van der Waals surface area contributed by atoms with Crippen LogP contribution in [0.1, 0.15) is 72.6 Å². The van der Waals surface area contributed by atoms with Crippen molar-refractivity contribution in [2.75, 3.05) is 6.61 Å². The molecule has 2 unspecified atom stereocenters. The third-order valence-electron chi connectivity index (χ3n) is 4.61. The van der Waals surface area contributed by atoms with Crippen molar-refractivity contribution in [3.8, 4) is 0 Å². The van der Waals surface area contributed by atoms with Crippen molar-refractivity contribution in [1.82, 2.24) is 0 Å². The van der Waals surface area contributed by atoms with Gasteiger partial charge in [0.2, 0.25) is 0 Å². The normalized spacial score (nSPS) is 19.4. The van der Waals surface area contributed by atoms with Crippen LogP contribution in [0.3, 0.4) is 0 Å². The number of ether oxygens (including phenoxy) is 1. The van der Waals surface area contributed by atoms with Crippen LogP contribution in [0.15, 0.2) is 23.3 Å². The van der Waals surface area contributed by atoms with Gasteiger partial charge in [0, 0.05) is 6.08 Å². The molecule has 0 aromatic rings. The zero-order valence-corrected chi connectivity index (χ0v) is 14.3. The molecule has 21 heavy (non-hydrogen) atoms. The molecule has 120 valence electrons. The molecule has 2 nitrogen and oxygen atoms in total. The van der Waals surface area contributed by atoms with Gasteiger partial charge in [-0.2, -0.15) is 0 Å². The van der Waals surface area contributed by atoms with Gasteiger partial charge < -0.3 is 4.74 Å². The van der Waals surface area contributed by atoms with Gasteiger partial charge in [0.25, 0.3) is 0 Å². The number of carbonyl (C=O) groups excluding carboxylic acids is 1. The van der Waals surface area contributed by atoms with Crippen LogP contribution >= 0.6 is 0 Å². The quantitative estimate of drug-likeness (QED) is 0.418. The number of carbonyl (C=O) groups is 1. The molecule has 0 saturated carbocycles. The highest BCUT2D eigenvalue weighted by molar-refractivity contribution is 5.83. The minimum absolute atomic E-state index is 0.200. The minimum atomic E-state index is -0.200. The Labute approximate surface area is 130 Å². The van der Waals surface area contributed by atoms with Gasteiger partial charge in [-0.15, -0.1) is 0 Å². The van der Waals surface area contributed by atoms with Crippen LogP contribution in [0, 0.1) is 11.8 Å². The van der Waals surface area contributed by atoms with Crippen molar-refractivity contribution in [2.24, 2.45) is 11.8 Å². The SMILES string of the molecule is CCOC(=O)C=C1C=C(CC(CC)CCC(C)CC)CC1. The molecule has 0 aromatic carbocycles. The highest BCUT2D eigenvalue weighted by Crippen LogP contribution is 2.31. The molecule has 0 bridgehead atoms. The molecule has 2 heteroatoms. The van der Waals surface area contributed by atoms with Crippen molar-refractivity contribution in [2.45, 2.75) is 72.6 Å². The standard InChI is InChI=1S/C19H32O2/c1-5-15(4)8-9-16(6-2)12-17-10-11-18(13-17)14-19(20)21-7-3/h13-16H,5-12H2,1-4H3. The Kier molecular flexibility index (Phi) is 8.41. The van der Waals surface area contributed by atoms with E-state index in [2.05, 4.69) is 26.8 Å². The van der Waals surface area contributed by atoms with E-state index >= 15 is 0 Å². The summed E-state index contributed by atoms with van der Waals surface area (Å²) < 4.78 is 4.97. The molecule has 0 heterocycles. The van der Waals surface area contributed by atoms with E-state index in [9.17, 15) is 4.79 Å². The molecule has 0 spiro atoms. The topological polar surface area (TPSA) is 26.3 Å². The highest BCUT2D eigenvalue weighted by Gasteiger charge is 2.16. The molecule has 0 aliphatic heterocycles. The zero-order chi connectivity index (χ0) is 15.7. The second-order valence-corrected chi connectivity index (χ2v) is 6.34. The van der Waals surface area contributed by atoms with Gasteiger partial charge in [-0.3, -0.25) is 0 Å². The lowest BCUT2D eigenvalue weighted by Gasteiger charge is -2.17. The molecule has 0 aromatic heterocycles. The second kappa shape index (κ2) is 9.81. The second-order valence-electron chi connectivity index (χ2n) is 6.34. The zero-order valence-electron chi connectivity index (χ0n) is 14.3. The Bertz CT molecular complexity index is 379. The Balaban J connectivity index is 2.48. The van der Waals surface area contributed by atoms with Crippen LogP contribution in [-0.2, 0) is 9.53 Å². The highest BCUT2D eigenvalue weighted by atomic mass is 16.5. The van der Waals surface area contributed by atoms with Gasteiger partial charge in [0.1, 0.15) is 0 Å². The Morgan fingerprint density at radius 3 is 2.62 bits per heavy atom. The average Bonchev–Trinajstić information content (AvgIpc) is 2.90. The van der Waals surface area contributed by atoms with Gasteiger partial charge in [-0.05, 0) is 50.0 Å². The maximum atomic E-state index is 11.5. The lowest BCUT2D eigenvalue weighted by atomic mass is 9.89. The van der Waals surface area contributed by atoms with E-state index in [1.54, 1.807) is 6.08 Å². The summed E-state index contributed by atoms with van der Waals surface area (Å²) in [5.41, 5.74) is 2.65. The maximum absolute atomic E-state index is 11.5. The van der Waals surface area contributed by atoms with E-state index in [1.807, 2.05) is 6.92 Å². The Morgan fingerprint density at radius 1 is 1.24 bits per heavy atom. The molecule has 0 N–H and O–H groups in total. The molecule has 0 amide bonds. The third-order valence-corrected chi connectivity index (χ3v) is 4.61. The fourth-order valence-electron chi connectivity index (χ4n) is 2.87. The van der Waals surface area contributed by atoms with E-state index in [-0.39, 0.29) is 5.97 Å². The van der Waals surface area contributed by atoms with E-state index in [0.717, 1.165) is 30.3 Å². The van der Waals surface area contributed by atoms with E-state index in [0.29, 0.717) is 6.61 Å². The van der Waals surface area contributed by atoms with Crippen molar-refractivity contribution in [1.29, 1.82) is 0 Å². The molecule has 1 aliphatic carbocycles. The fourth-order valence-corrected chi connectivity index (χ4v) is 2.87. The van der Waals surface area contributed by atoms with Crippen LogP contribution in [0.25, 0.3) is 0 Å². The molecule has 1 rings (SSSR count). The van der Waals surface area contributed by atoms with Crippen LogP contribution in [0.5, 0.6) is 0 Å². The third kappa shape index (κ3) is 6.97. The first-order chi connectivity index (χ1) is 10.1. The number of allylic oxidation sites excluding steroid dienone is 3. The molecule has 0 fully saturated rings. The summed E-state index contributed by atoms with van der Waals surface area (Å²) in [5.74, 6) is 1.44. The van der Waals surface area contributed by atoms with Gasteiger partial charge in [-0.25, -0.2) is 4.79 Å². The van der Waals surface area contributed by atoms with Gasteiger partial charge in [0.15, 0.2) is 0 Å². The largest absolute Gasteiger partial charge is 0.463 e. The van der Waals surface area contributed by atoms with Crippen molar-refractivity contribution in [3.63, 3.8) is 0 Å². The molecule has 1 aliphatic rings. The van der Waals surface area contributed by atoms with Crippen molar-refractivity contribution in [3.05, 3.63) is 23.3 Å². The van der Waals surface area contributed by atoms with Gasteiger partial charge in [-0.1, -0.05) is 51.7 Å². The van der Waals surface area contributed by atoms with E-state index in [4.69, 9.17) is 4.74 Å². The first-order valence-electron chi connectivity index (χ1n) is 8.65. The number of rotatable bonds is 9. The average molecular weight is 292 g/mol. The number of esters is 1. The monoisotopic (exact) mass is 292 g/mol. The molecular weight excluding hydrogens is 260 g/mol. The molecule has 0 saturated heterocycles. The Hall–Kier alpha value is -1.05. The first kappa shape index (κ1) is 18.0. The van der Waals surface area contributed by atoms with Crippen LogP contribution in [-0.4, -0.2) is 12.6 Å². The molecule has 2 atom stereocenters. The summed E-state index contributed by atoms with van der Waals surface area (Å²) >= 11 is 0. The lowest BCUT2D eigenvalue weighted by molar-refractivity contribution is -0.137. The summed E-state index contributed by atoms with van der Waals surface area (Å²) in [6, 6.07) is 0. The van der Waals surface area contributed by atoms with Crippen LogP contribution in [0.2, 0.25) is 0 Å². The predicted octanol–water partition coefficient (Wildman–Crippen LogP) is 5.44. The Morgan fingerprint density at radius 2 is 2.00 bits per heavy atom.